The molecule has 98 valence electrons. The lowest BCUT2D eigenvalue weighted by atomic mass is 9.96. The Hall–Kier alpha value is -1.62. The third-order valence-electron chi connectivity index (χ3n) is 3.53. The number of hydrogen-bond acceptors (Lipinski definition) is 2. The molecular formula is C14H13BrN2O2. The normalized spacial score (nSPS) is 18.1. The number of benzene rings is 1. The molecule has 1 atom stereocenters. The Bertz CT molecular complexity index is 636. The van der Waals surface area contributed by atoms with Crippen LogP contribution in [0.4, 0.5) is 0 Å². The molecule has 0 aliphatic carbocycles. The van der Waals surface area contributed by atoms with Crippen LogP contribution in [0.5, 0.6) is 0 Å². The first-order valence-corrected chi connectivity index (χ1v) is 7.01. The van der Waals surface area contributed by atoms with Gasteiger partial charge in [0, 0.05) is 22.8 Å². The van der Waals surface area contributed by atoms with E-state index >= 15 is 0 Å². The molecular weight excluding hydrogens is 308 g/mol. The highest BCUT2D eigenvalue weighted by Gasteiger charge is 2.29. The van der Waals surface area contributed by atoms with Crippen molar-refractivity contribution in [2.24, 2.45) is 0 Å². The van der Waals surface area contributed by atoms with Gasteiger partial charge in [0.25, 0.3) is 0 Å². The molecule has 4 nitrogen and oxygen atoms in total. The molecule has 0 spiro atoms. The summed E-state index contributed by atoms with van der Waals surface area (Å²) in [4.78, 5) is 15.7. The molecule has 0 saturated heterocycles. The number of carbonyl (C=O) groups is 1. The summed E-state index contributed by atoms with van der Waals surface area (Å²) in [7, 11) is 0. The predicted octanol–water partition coefficient (Wildman–Crippen LogP) is 3.27. The molecule has 0 radical (unpaired) electrons. The molecule has 0 saturated carbocycles. The SMILES string of the molecule is O=C(O)C1CCCn2c1cnc2-c1ccccc1Br. The number of halogens is 1. The Morgan fingerprint density at radius 1 is 1.42 bits per heavy atom. The van der Waals surface area contributed by atoms with Crippen molar-refractivity contribution in [1.29, 1.82) is 0 Å². The number of hydrogen-bond donors (Lipinski definition) is 1. The number of nitrogens with zero attached hydrogens (tertiary/aromatic N) is 2. The van der Waals surface area contributed by atoms with Gasteiger partial charge >= 0.3 is 5.97 Å². The highest BCUT2D eigenvalue weighted by atomic mass is 79.9. The van der Waals surface area contributed by atoms with Crippen LogP contribution in [-0.4, -0.2) is 20.6 Å². The molecule has 0 amide bonds. The Labute approximate surface area is 119 Å². The fourth-order valence-corrected chi connectivity index (χ4v) is 3.07. The summed E-state index contributed by atoms with van der Waals surface area (Å²) >= 11 is 3.52. The number of imidazole rings is 1. The number of carboxylic acids is 1. The number of carboxylic acid groups (broad SMARTS) is 1. The highest BCUT2D eigenvalue weighted by Crippen LogP contribution is 2.34. The number of rotatable bonds is 2. The van der Waals surface area contributed by atoms with Crippen LogP contribution in [0.15, 0.2) is 34.9 Å². The van der Waals surface area contributed by atoms with E-state index in [0.717, 1.165) is 34.5 Å². The van der Waals surface area contributed by atoms with Crippen molar-refractivity contribution in [3.05, 3.63) is 40.6 Å². The lowest BCUT2D eigenvalue weighted by Gasteiger charge is -2.22. The van der Waals surface area contributed by atoms with E-state index in [4.69, 9.17) is 0 Å². The average Bonchev–Trinajstić information content (AvgIpc) is 2.82. The minimum Gasteiger partial charge on any atom is -0.481 e. The number of aliphatic carboxylic acids is 1. The van der Waals surface area contributed by atoms with Crippen molar-refractivity contribution in [3.8, 4) is 11.4 Å². The zero-order valence-corrected chi connectivity index (χ0v) is 11.8. The molecule has 1 unspecified atom stereocenters. The summed E-state index contributed by atoms with van der Waals surface area (Å²) in [5, 5.41) is 9.27. The van der Waals surface area contributed by atoms with Gasteiger partial charge in [0.15, 0.2) is 0 Å². The van der Waals surface area contributed by atoms with Crippen LogP contribution in [0.2, 0.25) is 0 Å². The Kier molecular flexibility index (Phi) is 3.14. The summed E-state index contributed by atoms with van der Waals surface area (Å²) < 4.78 is 3.00. The summed E-state index contributed by atoms with van der Waals surface area (Å²) in [6, 6.07) is 7.87. The maximum absolute atomic E-state index is 11.3. The van der Waals surface area contributed by atoms with E-state index in [2.05, 4.69) is 20.9 Å². The van der Waals surface area contributed by atoms with E-state index < -0.39 is 11.9 Å². The molecule has 19 heavy (non-hydrogen) atoms. The van der Waals surface area contributed by atoms with E-state index in [1.165, 1.54) is 0 Å². The molecule has 2 aromatic rings. The van der Waals surface area contributed by atoms with Crippen molar-refractivity contribution in [2.75, 3.05) is 0 Å². The fraction of sp³-hybridized carbons (Fsp3) is 0.286. The van der Waals surface area contributed by atoms with E-state index in [9.17, 15) is 9.90 Å². The topological polar surface area (TPSA) is 55.1 Å². The molecule has 2 heterocycles. The van der Waals surface area contributed by atoms with Gasteiger partial charge in [-0.2, -0.15) is 0 Å². The van der Waals surface area contributed by atoms with Gasteiger partial charge in [0.2, 0.25) is 0 Å². The zero-order valence-electron chi connectivity index (χ0n) is 10.2. The average molecular weight is 321 g/mol. The van der Waals surface area contributed by atoms with Gasteiger partial charge in [-0.25, -0.2) is 4.98 Å². The molecule has 1 N–H and O–H groups in total. The van der Waals surface area contributed by atoms with Gasteiger partial charge < -0.3 is 9.67 Å². The van der Waals surface area contributed by atoms with Crippen LogP contribution in [0.25, 0.3) is 11.4 Å². The van der Waals surface area contributed by atoms with Gasteiger partial charge in [-0.3, -0.25) is 4.79 Å². The summed E-state index contributed by atoms with van der Waals surface area (Å²) in [6.07, 6.45) is 3.26. The molecule has 1 aliphatic heterocycles. The van der Waals surface area contributed by atoms with Gasteiger partial charge in [-0.1, -0.05) is 34.1 Å². The van der Waals surface area contributed by atoms with Crippen LogP contribution in [0.3, 0.4) is 0 Å². The molecule has 1 aliphatic rings. The van der Waals surface area contributed by atoms with Gasteiger partial charge in [0.1, 0.15) is 5.82 Å². The molecule has 5 heteroatoms. The molecule has 1 aromatic carbocycles. The van der Waals surface area contributed by atoms with Crippen molar-refractivity contribution in [3.63, 3.8) is 0 Å². The van der Waals surface area contributed by atoms with Crippen LogP contribution in [0.1, 0.15) is 24.5 Å². The third kappa shape index (κ3) is 2.08. The van der Waals surface area contributed by atoms with E-state index in [-0.39, 0.29) is 0 Å². The Morgan fingerprint density at radius 2 is 2.21 bits per heavy atom. The maximum Gasteiger partial charge on any atom is 0.312 e. The zero-order chi connectivity index (χ0) is 13.4. The smallest absolute Gasteiger partial charge is 0.312 e. The van der Waals surface area contributed by atoms with Crippen molar-refractivity contribution in [1.82, 2.24) is 9.55 Å². The minimum absolute atomic E-state index is 0.433. The second-order valence-corrected chi connectivity index (χ2v) is 5.53. The first kappa shape index (κ1) is 12.4. The second-order valence-electron chi connectivity index (χ2n) is 4.67. The second kappa shape index (κ2) is 4.81. The van der Waals surface area contributed by atoms with E-state index in [1.54, 1.807) is 6.20 Å². The first-order valence-electron chi connectivity index (χ1n) is 6.21. The quantitative estimate of drug-likeness (QED) is 0.923. The standard InChI is InChI=1S/C14H13BrN2O2/c15-11-6-2-1-4-9(11)13-16-8-12-10(14(18)19)5-3-7-17(12)13/h1-2,4,6,8,10H,3,5,7H2,(H,18,19). The van der Waals surface area contributed by atoms with Crippen molar-refractivity contribution >= 4 is 21.9 Å². The predicted molar refractivity (Wildman–Crippen MR) is 75.0 cm³/mol. The van der Waals surface area contributed by atoms with Crippen molar-refractivity contribution < 1.29 is 9.90 Å². The van der Waals surface area contributed by atoms with Crippen LogP contribution < -0.4 is 0 Å². The summed E-state index contributed by atoms with van der Waals surface area (Å²) in [5.41, 5.74) is 1.81. The van der Waals surface area contributed by atoms with Crippen LogP contribution in [-0.2, 0) is 11.3 Å². The number of fused-ring (bicyclic) bond motifs is 1. The molecule has 0 bridgehead atoms. The molecule has 0 fully saturated rings. The first-order chi connectivity index (χ1) is 9.18. The maximum atomic E-state index is 11.3. The van der Waals surface area contributed by atoms with E-state index in [1.807, 2.05) is 28.8 Å². The third-order valence-corrected chi connectivity index (χ3v) is 4.22. The lowest BCUT2D eigenvalue weighted by Crippen LogP contribution is -2.21. The van der Waals surface area contributed by atoms with Gasteiger partial charge in [-0.15, -0.1) is 0 Å². The molecule has 3 rings (SSSR count). The van der Waals surface area contributed by atoms with E-state index in [0.29, 0.717) is 6.42 Å². The fourth-order valence-electron chi connectivity index (χ4n) is 2.61. The molecule has 1 aromatic heterocycles. The van der Waals surface area contributed by atoms with Gasteiger partial charge in [-0.05, 0) is 18.9 Å². The highest BCUT2D eigenvalue weighted by molar-refractivity contribution is 9.10. The summed E-state index contributed by atoms with van der Waals surface area (Å²) in [5.74, 6) is -0.356. The minimum atomic E-state index is -0.764. The lowest BCUT2D eigenvalue weighted by molar-refractivity contribution is -0.139. The van der Waals surface area contributed by atoms with Crippen molar-refractivity contribution in [2.45, 2.75) is 25.3 Å². The Morgan fingerprint density at radius 3 is 2.95 bits per heavy atom. The van der Waals surface area contributed by atoms with Crippen LogP contribution in [0, 0.1) is 0 Å². The summed E-state index contributed by atoms with van der Waals surface area (Å²) in [6.45, 7) is 0.829. The monoisotopic (exact) mass is 320 g/mol. The largest absolute Gasteiger partial charge is 0.481 e. The number of aromatic nitrogens is 2. The Balaban J connectivity index is 2.11. The van der Waals surface area contributed by atoms with Gasteiger partial charge in [0.05, 0.1) is 11.6 Å². The van der Waals surface area contributed by atoms with Crippen LogP contribution >= 0.6 is 15.9 Å².